The van der Waals surface area contributed by atoms with Crippen LogP contribution < -0.4 is 4.74 Å². The first-order valence-electron chi connectivity index (χ1n) is 8.36. The molecule has 1 aromatic heterocycles. The number of benzene rings is 2. The Bertz CT molecular complexity index is 801. The molecule has 0 bridgehead atoms. The van der Waals surface area contributed by atoms with Crippen molar-refractivity contribution in [2.24, 2.45) is 0 Å². The smallest absolute Gasteiger partial charge is 0.240 e. The van der Waals surface area contributed by atoms with Crippen molar-refractivity contribution in [3.05, 3.63) is 77.4 Å². The fourth-order valence-electron chi connectivity index (χ4n) is 2.80. The predicted molar refractivity (Wildman–Crippen MR) is 96.4 cm³/mol. The average molecular weight is 337 g/mol. The van der Waals surface area contributed by atoms with Crippen molar-refractivity contribution in [1.82, 2.24) is 15.0 Å². The summed E-state index contributed by atoms with van der Waals surface area (Å²) in [4.78, 5) is 6.68. The summed E-state index contributed by atoms with van der Waals surface area (Å²) >= 11 is 0. The van der Waals surface area contributed by atoms with Crippen LogP contribution in [0.4, 0.5) is 0 Å². The van der Waals surface area contributed by atoms with Crippen LogP contribution in [-0.4, -0.2) is 29.2 Å². The summed E-state index contributed by atoms with van der Waals surface area (Å²) in [6.07, 6.45) is 0.677. The SMILES string of the molecule is COc1ccccc1[C@H](C)N(C)Cc1nc(Cc2ccccc2)no1. The highest BCUT2D eigenvalue weighted by atomic mass is 16.5. The van der Waals surface area contributed by atoms with Crippen molar-refractivity contribution in [2.45, 2.75) is 25.9 Å². The molecular formula is C20H23N3O2. The maximum absolute atomic E-state index is 5.46. The van der Waals surface area contributed by atoms with E-state index in [1.165, 1.54) is 5.56 Å². The highest BCUT2D eigenvalue weighted by Crippen LogP contribution is 2.28. The molecule has 0 spiro atoms. The van der Waals surface area contributed by atoms with Crippen LogP contribution in [0, 0.1) is 0 Å². The summed E-state index contributed by atoms with van der Waals surface area (Å²) in [5, 5.41) is 4.09. The second kappa shape index (κ2) is 7.94. The van der Waals surface area contributed by atoms with E-state index in [2.05, 4.69) is 40.2 Å². The van der Waals surface area contributed by atoms with Gasteiger partial charge in [-0.1, -0.05) is 53.7 Å². The van der Waals surface area contributed by atoms with Crippen LogP contribution in [0.25, 0.3) is 0 Å². The first-order valence-corrected chi connectivity index (χ1v) is 8.36. The van der Waals surface area contributed by atoms with Crippen LogP contribution in [0.15, 0.2) is 59.1 Å². The zero-order chi connectivity index (χ0) is 17.6. The molecule has 3 aromatic rings. The van der Waals surface area contributed by atoms with Gasteiger partial charge < -0.3 is 9.26 Å². The third-order valence-corrected chi connectivity index (χ3v) is 4.35. The van der Waals surface area contributed by atoms with E-state index in [1.807, 2.05) is 43.4 Å². The predicted octanol–water partition coefficient (Wildman–Crippen LogP) is 3.86. The van der Waals surface area contributed by atoms with E-state index in [9.17, 15) is 0 Å². The minimum absolute atomic E-state index is 0.167. The summed E-state index contributed by atoms with van der Waals surface area (Å²) in [7, 11) is 3.73. The summed E-state index contributed by atoms with van der Waals surface area (Å²) in [6, 6.07) is 18.4. The van der Waals surface area contributed by atoms with Crippen molar-refractivity contribution in [3.63, 3.8) is 0 Å². The number of ether oxygens (including phenoxy) is 1. The lowest BCUT2D eigenvalue weighted by molar-refractivity contribution is 0.212. The zero-order valence-electron chi connectivity index (χ0n) is 14.8. The first kappa shape index (κ1) is 17.2. The van der Waals surface area contributed by atoms with Crippen LogP contribution >= 0.6 is 0 Å². The Hall–Kier alpha value is -2.66. The molecule has 1 heterocycles. The molecule has 0 aliphatic heterocycles. The number of nitrogens with zero attached hydrogens (tertiary/aromatic N) is 3. The third-order valence-electron chi connectivity index (χ3n) is 4.35. The fourth-order valence-corrected chi connectivity index (χ4v) is 2.80. The van der Waals surface area contributed by atoms with Gasteiger partial charge in [0.25, 0.3) is 0 Å². The van der Waals surface area contributed by atoms with Gasteiger partial charge in [0.1, 0.15) is 5.75 Å². The molecule has 0 saturated carbocycles. The average Bonchev–Trinajstić information content (AvgIpc) is 3.08. The molecule has 25 heavy (non-hydrogen) atoms. The maximum Gasteiger partial charge on any atom is 0.240 e. The standard InChI is InChI=1S/C20H23N3O2/c1-15(17-11-7-8-12-18(17)24-3)23(2)14-20-21-19(22-25-20)13-16-9-5-4-6-10-16/h4-12,15H,13-14H2,1-3H3/t15-/m0/s1. The van der Waals surface area contributed by atoms with Crippen LogP contribution in [0.2, 0.25) is 0 Å². The molecule has 0 saturated heterocycles. The summed E-state index contributed by atoms with van der Waals surface area (Å²) in [6.45, 7) is 2.72. The minimum Gasteiger partial charge on any atom is -0.496 e. The number of hydrogen-bond acceptors (Lipinski definition) is 5. The molecule has 2 aromatic carbocycles. The number of aromatic nitrogens is 2. The Kier molecular flexibility index (Phi) is 5.46. The van der Waals surface area contributed by atoms with E-state index in [-0.39, 0.29) is 6.04 Å². The molecule has 0 N–H and O–H groups in total. The quantitative estimate of drug-likeness (QED) is 0.655. The first-order chi connectivity index (χ1) is 12.2. The van der Waals surface area contributed by atoms with Gasteiger partial charge in [-0.25, -0.2) is 0 Å². The van der Waals surface area contributed by atoms with Gasteiger partial charge in [0, 0.05) is 18.0 Å². The number of rotatable bonds is 7. The zero-order valence-corrected chi connectivity index (χ0v) is 14.8. The molecule has 0 aliphatic rings. The minimum atomic E-state index is 0.167. The molecule has 0 radical (unpaired) electrons. The number of methoxy groups -OCH3 is 1. The molecule has 130 valence electrons. The lowest BCUT2D eigenvalue weighted by Gasteiger charge is -2.24. The third kappa shape index (κ3) is 4.25. The van der Waals surface area contributed by atoms with Gasteiger partial charge in [0.05, 0.1) is 13.7 Å². The lowest BCUT2D eigenvalue weighted by Crippen LogP contribution is -2.22. The molecule has 0 unspecified atom stereocenters. The normalized spacial score (nSPS) is 12.3. The second-order valence-corrected chi connectivity index (χ2v) is 6.10. The van der Waals surface area contributed by atoms with Gasteiger partial charge >= 0.3 is 0 Å². The van der Waals surface area contributed by atoms with Gasteiger partial charge in [-0.15, -0.1) is 0 Å². The highest BCUT2D eigenvalue weighted by Gasteiger charge is 2.18. The van der Waals surface area contributed by atoms with Crippen molar-refractivity contribution < 1.29 is 9.26 Å². The van der Waals surface area contributed by atoms with Gasteiger partial charge in [-0.3, -0.25) is 4.90 Å². The molecule has 1 atom stereocenters. The Labute approximate surface area is 148 Å². The van der Waals surface area contributed by atoms with E-state index in [1.54, 1.807) is 7.11 Å². The van der Waals surface area contributed by atoms with Gasteiger partial charge in [0.2, 0.25) is 5.89 Å². The lowest BCUT2D eigenvalue weighted by atomic mass is 10.1. The molecule has 3 rings (SSSR count). The number of hydrogen-bond donors (Lipinski definition) is 0. The Morgan fingerprint density at radius 1 is 1.08 bits per heavy atom. The monoisotopic (exact) mass is 337 g/mol. The van der Waals surface area contributed by atoms with Crippen LogP contribution in [0.5, 0.6) is 5.75 Å². The van der Waals surface area contributed by atoms with Crippen molar-refractivity contribution in [3.8, 4) is 5.75 Å². The van der Waals surface area contributed by atoms with Crippen molar-refractivity contribution >= 4 is 0 Å². The second-order valence-electron chi connectivity index (χ2n) is 6.10. The van der Waals surface area contributed by atoms with Crippen molar-refractivity contribution in [2.75, 3.05) is 14.2 Å². The van der Waals surface area contributed by atoms with Crippen LogP contribution in [0.1, 0.15) is 35.8 Å². The fraction of sp³-hybridized carbons (Fsp3) is 0.300. The summed E-state index contributed by atoms with van der Waals surface area (Å²) < 4.78 is 10.9. The van der Waals surface area contributed by atoms with Crippen LogP contribution in [-0.2, 0) is 13.0 Å². The van der Waals surface area contributed by atoms with E-state index in [0.717, 1.165) is 11.3 Å². The van der Waals surface area contributed by atoms with E-state index < -0.39 is 0 Å². The molecule has 0 fully saturated rings. The van der Waals surface area contributed by atoms with E-state index in [0.29, 0.717) is 24.7 Å². The van der Waals surface area contributed by atoms with Gasteiger partial charge in [-0.05, 0) is 25.6 Å². The molecular weight excluding hydrogens is 314 g/mol. The maximum atomic E-state index is 5.46. The molecule has 5 heteroatoms. The van der Waals surface area contributed by atoms with Gasteiger partial charge in [0.15, 0.2) is 5.82 Å². The highest BCUT2D eigenvalue weighted by molar-refractivity contribution is 5.35. The Morgan fingerprint density at radius 2 is 1.80 bits per heavy atom. The van der Waals surface area contributed by atoms with E-state index in [4.69, 9.17) is 9.26 Å². The number of para-hydroxylation sites is 1. The van der Waals surface area contributed by atoms with Crippen molar-refractivity contribution in [1.29, 1.82) is 0 Å². The van der Waals surface area contributed by atoms with E-state index >= 15 is 0 Å². The molecule has 0 aliphatic carbocycles. The summed E-state index contributed by atoms with van der Waals surface area (Å²) in [5.74, 6) is 2.21. The summed E-state index contributed by atoms with van der Waals surface area (Å²) in [5.41, 5.74) is 2.31. The van der Waals surface area contributed by atoms with Gasteiger partial charge in [-0.2, -0.15) is 4.98 Å². The molecule has 5 nitrogen and oxygen atoms in total. The topological polar surface area (TPSA) is 51.4 Å². The largest absolute Gasteiger partial charge is 0.496 e. The Morgan fingerprint density at radius 3 is 2.56 bits per heavy atom. The Balaban J connectivity index is 1.66. The van der Waals surface area contributed by atoms with Crippen LogP contribution in [0.3, 0.4) is 0 Å². The molecule has 0 amide bonds.